The van der Waals surface area contributed by atoms with Crippen LogP contribution in [0.1, 0.15) is 344 Å². The summed E-state index contributed by atoms with van der Waals surface area (Å²) in [6.07, 6.45) is 37.4. The number of furan rings is 2. The van der Waals surface area contributed by atoms with Crippen LogP contribution in [0.5, 0.6) is 0 Å². The summed E-state index contributed by atoms with van der Waals surface area (Å²) < 4.78 is 17.9. The number of unbranched alkanes of at least 4 members (excludes halogenated alkanes) is 12. The summed E-state index contributed by atoms with van der Waals surface area (Å²) in [6, 6.07) is 19.7. The van der Waals surface area contributed by atoms with E-state index in [4.69, 9.17) is 8.83 Å². The zero-order valence-electron chi connectivity index (χ0n) is 65.8. The first-order chi connectivity index (χ1) is 50.4. The second-order valence-corrected chi connectivity index (χ2v) is 47.1. The van der Waals surface area contributed by atoms with Crippen LogP contribution >= 0.6 is 68.0 Å². The van der Waals surface area contributed by atoms with E-state index in [1.165, 1.54) is 198 Å². The molecule has 6 unspecified atom stereocenters. The van der Waals surface area contributed by atoms with Crippen molar-refractivity contribution in [2.75, 3.05) is 13.1 Å². The first kappa shape index (κ1) is 80.6. The number of carbonyl (C=O) groups excluding carboxylic acids is 4. The van der Waals surface area contributed by atoms with Gasteiger partial charge in [0.05, 0.1) is 15.9 Å². The van der Waals surface area contributed by atoms with Crippen LogP contribution in [0, 0.1) is 51.4 Å². The van der Waals surface area contributed by atoms with Crippen LogP contribution < -0.4 is 12.5 Å². The van der Waals surface area contributed by atoms with E-state index < -0.39 is 13.3 Å². The Morgan fingerprint density at radius 1 is 0.404 bits per heavy atom. The molecule has 4 amide bonds. The Balaban J connectivity index is 0.000000208. The SMILES string of the molecule is CCCCCCC(CCCC)CC1(c2ccc(CCCC)s2)c2cc(C)sc2-c2sc(-c3oc(C)c4c3C(=O)N(CC(CC)CCCC)C4=O)cc21.CCCCCCC(CCCC)[CH2][Ge]1([c]2ccc(CCCC)s2)[c]2cc(C)sc2-c2sc(-c3oc(C)c4c3C(=O)N(CC(CC)CCCC)C4=O)c[c]21. The number of rotatable bonds is 42. The number of hydrogen-bond donors (Lipinski definition) is 0. The Morgan fingerprint density at radius 2 is 0.827 bits per heavy atom. The standard InChI is InChI=1S/C45H61NO3S3.C44H61GeNO3S3/c2*1-8-13-17-18-21-32(20-15-10-3)27-45(37-24-23-33(51-37)22-16-11-4)34-25-29(6)50-41(34)42-35(45)26-36(52-42)40-39-38(30(7)49-40)43(47)46(44(39)48)28-31(12-5)19-14-9-2/h2*23-26,31-32H,8-22,27-28H2,1-7H3. The Hall–Kier alpha value is -4.42. The molecule has 0 N–H and O–H groups in total. The maximum atomic E-state index is 14.2. The molecule has 1 aliphatic carbocycles. The number of hydrogen-bond acceptors (Lipinski definition) is 12. The number of imide groups is 2. The van der Waals surface area contributed by atoms with E-state index in [1.54, 1.807) is 23.8 Å². The van der Waals surface area contributed by atoms with E-state index in [1.807, 2.05) is 59.2 Å². The van der Waals surface area contributed by atoms with E-state index >= 15 is 0 Å². The monoisotopic (exact) mass is 1580 g/mol. The van der Waals surface area contributed by atoms with Crippen molar-refractivity contribution in [2.24, 2.45) is 23.7 Å². The Morgan fingerprint density at radius 3 is 1.38 bits per heavy atom. The van der Waals surface area contributed by atoms with E-state index in [-0.39, 0.29) is 29.0 Å². The van der Waals surface area contributed by atoms with Crippen LogP contribution in [0.15, 0.2) is 57.4 Å². The van der Waals surface area contributed by atoms with Gasteiger partial charge >= 0.3 is 323 Å². The predicted molar refractivity (Wildman–Crippen MR) is 450 cm³/mol. The molecule has 6 atom stereocenters. The predicted octanol–water partition coefficient (Wildman–Crippen LogP) is 26.5. The molecule has 104 heavy (non-hydrogen) atoms. The third-order valence-corrected chi connectivity index (χ3v) is 43.9. The number of aryl methyl sites for hydroxylation is 6. The van der Waals surface area contributed by atoms with Crippen molar-refractivity contribution in [3.8, 4) is 40.8 Å². The van der Waals surface area contributed by atoms with E-state index in [0.717, 1.165) is 80.4 Å². The molecule has 15 heteroatoms. The van der Waals surface area contributed by atoms with Crippen molar-refractivity contribution in [3.05, 3.63) is 118 Å². The number of fused-ring (bicyclic) bond motifs is 8. The molecule has 0 saturated heterocycles. The fraction of sp³-hybridized carbons (Fsp3) is 0.596. The second-order valence-electron chi connectivity index (χ2n) is 31.3. The van der Waals surface area contributed by atoms with Crippen LogP contribution in [-0.2, 0) is 18.3 Å². The average Bonchev–Trinajstić information content (AvgIpc) is 1.53. The molecule has 0 bridgehead atoms. The van der Waals surface area contributed by atoms with Gasteiger partial charge in [0.25, 0.3) is 11.8 Å². The third-order valence-electron chi connectivity index (χ3n) is 23.6. The van der Waals surface area contributed by atoms with Crippen LogP contribution in [0.25, 0.3) is 40.8 Å². The summed E-state index contributed by atoms with van der Waals surface area (Å²) in [6.45, 7) is 31.9. The van der Waals surface area contributed by atoms with Crippen LogP contribution in [-0.4, -0.2) is 59.8 Å². The minimum atomic E-state index is -3.17. The van der Waals surface area contributed by atoms with Crippen molar-refractivity contribution >= 4 is 117 Å². The topological polar surface area (TPSA) is 101 Å². The van der Waals surface area contributed by atoms with Crippen LogP contribution in [0.4, 0.5) is 0 Å². The van der Waals surface area contributed by atoms with Crippen LogP contribution in [0.3, 0.4) is 0 Å². The molecule has 4 aliphatic rings. The quantitative estimate of drug-likeness (QED) is 0.0215. The Labute approximate surface area is 651 Å². The molecule has 8 aromatic heterocycles. The molecule has 0 spiro atoms. The number of nitrogens with zero attached hydrogens (tertiary/aromatic N) is 2. The average molecular weight is 1580 g/mol. The van der Waals surface area contributed by atoms with E-state index in [0.29, 0.717) is 82.1 Å². The van der Waals surface area contributed by atoms with Gasteiger partial charge in [-0.15, -0.1) is 34.0 Å². The first-order valence-corrected chi connectivity index (χ1v) is 50.7. The van der Waals surface area contributed by atoms with Gasteiger partial charge in [-0.1, -0.05) is 119 Å². The van der Waals surface area contributed by atoms with Gasteiger partial charge in [0.2, 0.25) is 0 Å². The van der Waals surface area contributed by atoms with Gasteiger partial charge in [-0.3, -0.25) is 14.5 Å². The summed E-state index contributed by atoms with van der Waals surface area (Å²) in [7, 11) is 0. The molecule has 0 radical (unpaired) electrons. The summed E-state index contributed by atoms with van der Waals surface area (Å²) >= 11 is 8.44. The van der Waals surface area contributed by atoms with E-state index in [9.17, 15) is 19.2 Å². The van der Waals surface area contributed by atoms with Crippen molar-refractivity contribution in [1.82, 2.24) is 9.80 Å². The van der Waals surface area contributed by atoms with Gasteiger partial charge in [0.1, 0.15) is 11.3 Å². The number of amides is 4. The summed E-state index contributed by atoms with van der Waals surface area (Å²) in [5, 5.41) is 1.29. The van der Waals surface area contributed by atoms with Gasteiger partial charge in [-0.05, 0) is 86.8 Å². The first-order valence-electron chi connectivity index (χ1n) is 41.1. The summed E-state index contributed by atoms with van der Waals surface area (Å²) in [5.74, 6) is 3.63. The van der Waals surface area contributed by atoms with Gasteiger partial charge in [-0.2, -0.15) is 0 Å². The van der Waals surface area contributed by atoms with Gasteiger partial charge in [0, 0.05) is 30.9 Å². The molecule has 12 rings (SSSR count). The molecule has 3 aliphatic heterocycles. The normalized spacial score (nSPS) is 17.6. The van der Waals surface area contributed by atoms with Gasteiger partial charge in [-0.25, -0.2) is 0 Å². The molecule has 8 aromatic rings. The van der Waals surface area contributed by atoms with Crippen LogP contribution in [0.2, 0.25) is 5.25 Å². The number of thiophene rings is 6. The molecule has 8 nitrogen and oxygen atoms in total. The Kier molecular flexibility index (Phi) is 28.6. The molecule has 11 heterocycles. The maximum absolute atomic E-state index is 14.2. The van der Waals surface area contributed by atoms with Crippen molar-refractivity contribution in [2.45, 2.75) is 307 Å². The zero-order chi connectivity index (χ0) is 74.0. The summed E-state index contributed by atoms with van der Waals surface area (Å²) in [5.41, 5.74) is 4.59. The molecule has 0 saturated carbocycles. The number of carbonyl (C=O) groups is 4. The van der Waals surface area contributed by atoms with Crippen molar-refractivity contribution < 1.29 is 28.0 Å². The molecule has 564 valence electrons. The zero-order valence-corrected chi connectivity index (χ0v) is 72.8. The van der Waals surface area contributed by atoms with Gasteiger partial charge in [0.15, 0.2) is 5.76 Å². The molecule has 0 aromatic carbocycles. The molecule has 0 fully saturated rings. The second kappa shape index (κ2) is 36.9. The fourth-order valence-electron chi connectivity index (χ4n) is 17.7. The Bertz CT molecular complexity index is 3950. The fourth-order valence-corrected chi connectivity index (χ4v) is 41.7. The van der Waals surface area contributed by atoms with Gasteiger partial charge < -0.3 is 4.42 Å². The van der Waals surface area contributed by atoms with Crippen molar-refractivity contribution in [3.63, 3.8) is 0 Å². The molecular formula is C89H122GeN2O6S6. The minimum absolute atomic E-state index is 0.165. The van der Waals surface area contributed by atoms with E-state index in [2.05, 4.69) is 143 Å². The molecular weight excluding hydrogens is 1460 g/mol. The van der Waals surface area contributed by atoms with Crippen molar-refractivity contribution in [1.29, 1.82) is 0 Å². The third kappa shape index (κ3) is 16.4. The summed E-state index contributed by atoms with van der Waals surface area (Å²) in [4.78, 5) is 74.0.